The lowest BCUT2D eigenvalue weighted by molar-refractivity contribution is -0.137. The number of carbonyl (C=O) groups is 2. The summed E-state index contributed by atoms with van der Waals surface area (Å²) in [6.45, 7) is 4.17. The first-order valence-electron chi connectivity index (χ1n) is 6.83. The molecule has 0 radical (unpaired) electrons. The molecule has 0 saturated heterocycles. The predicted molar refractivity (Wildman–Crippen MR) is 80.4 cm³/mol. The molecule has 0 unspecified atom stereocenters. The number of amides is 1. The highest BCUT2D eigenvalue weighted by Gasteiger charge is 2.22. The molecular formula is C15H22N2O4. The Bertz CT molecular complexity index is 514. The van der Waals surface area contributed by atoms with Crippen molar-refractivity contribution in [2.24, 2.45) is 0 Å². The van der Waals surface area contributed by atoms with Crippen LogP contribution < -0.4 is 10.5 Å². The number of aliphatic carboxylic acids is 1. The summed E-state index contributed by atoms with van der Waals surface area (Å²) in [5, 5.41) is 8.70. The molecule has 1 aromatic carbocycles. The Morgan fingerprint density at radius 1 is 1.38 bits per heavy atom. The predicted octanol–water partition coefficient (Wildman–Crippen LogP) is 1.99. The van der Waals surface area contributed by atoms with E-state index in [2.05, 4.69) is 0 Å². The first-order chi connectivity index (χ1) is 9.86. The normalized spacial score (nSPS) is 10.5. The van der Waals surface area contributed by atoms with Crippen LogP contribution in [0.4, 0.5) is 5.69 Å². The molecule has 0 heterocycles. The van der Waals surface area contributed by atoms with Gasteiger partial charge in [0.15, 0.2) is 0 Å². The van der Waals surface area contributed by atoms with E-state index in [4.69, 9.17) is 15.6 Å². The molecule has 0 bridgehead atoms. The third kappa shape index (κ3) is 4.66. The highest BCUT2D eigenvalue weighted by Crippen LogP contribution is 2.24. The molecule has 0 saturated carbocycles. The van der Waals surface area contributed by atoms with E-state index in [1.165, 1.54) is 7.11 Å². The molecule has 1 aromatic rings. The van der Waals surface area contributed by atoms with Crippen molar-refractivity contribution in [1.82, 2.24) is 4.90 Å². The average Bonchev–Trinajstić information content (AvgIpc) is 2.42. The summed E-state index contributed by atoms with van der Waals surface area (Å²) in [5.74, 6) is -0.632. The van der Waals surface area contributed by atoms with Crippen molar-refractivity contribution < 1.29 is 19.4 Å². The highest BCUT2D eigenvalue weighted by molar-refractivity contribution is 5.97. The SMILES string of the molecule is COc1cc(N)ccc1C(=O)N(CCCC(=O)O)C(C)C. The van der Waals surface area contributed by atoms with Crippen molar-refractivity contribution in [2.45, 2.75) is 32.7 Å². The fourth-order valence-corrected chi connectivity index (χ4v) is 2.03. The van der Waals surface area contributed by atoms with Gasteiger partial charge >= 0.3 is 5.97 Å². The molecular weight excluding hydrogens is 272 g/mol. The number of hydrogen-bond donors (Lipinski definition) is 2. The number of nitrogens with zero attached hydrogens (tertiary/aromatic N) is 1. The molecule has 0 fully saturated rings. The number of methoxy groups -OCH3 is 1. The van der Waals surface area contributed by atoms with E-state index in [1.54, 1.807) is 23.1 Å². The maximum atomic E-state index is 12.6. The minimum Gasteiger partial charge on any atom is -0.496 e. The van der Waals surface area contributed by atoms with Crippen LogP contribution in [0.5, 0.6) is 5.75 Å². The lowest BCUT2D eigenvalue weighted by atomic mass is 10.1. The smallest absolute Gasteiger partial charge is 0.303 e. The van der Waals surface area contributed by atoms with E-state index in [0.717, 1.165) is 0 Å². The molecule has 116 valence electrons. The van der Waals surface area contributed by atoms with Crippen LogP contribution in [0.25, 0.3) is 0 Å². The molecule has 1 rings (SSSR count). The Kier molecular flexibility index (Phi) is 6.02. The number of nitrogen functional groups attached to an aromatic ring is 1. The molecule has 1 amide bonds. The second kappa shape index (κ2) is 7.52. The van der Waals surface area contributed by atoms with Gasteiger partial charge in [0.25, 0.3) is 5.91 Å². The second-order valence-electron chi connectivity index (χ2n) is 5.05. The van der Waals surface area contributed by atoms with Crippen LogP contribution in [0, 0.1) is 0 Å². The van der Waals surface area contributed by atoms with Gasteiger partial charge in [0, 0.05) is 30.8 Å². The Labute approximate surface area is 124 Å². The fraction of sp³-hybridized carbons (Fsp3) is 0.467. The van der Waals surface area contributed by atoms with Crippen molar-refractivity contribution >= 4 is 17.6 Å². The van der Waals surface area contributed by atoms with E-state index >= 15 is 0 Å². The summed E-state index contributed by atoms with van der Waals surface area (Å²) in [6, 6.07) is 4.84. The number of benzene rings is 1. The van der Waals surface area contributed by atoms with Gasteiger partial charge in [0.2, 0.25) is 0 Å². The zero-order valence-electron chi connectivity index (χ0n) is 12.6. The molecule has 6 heteroatoms. The number of carboxylic acids is 1. The van der Waals surface area contributed by atoms with Crippen LogP contribution >= 0.6 is 0 Å². The second-order valence-corrected chi connectivity index (χ2v) is 5.05. The Hall–Kier alpha value is -2.24. The number of rotatable bonds is 7. The zero-order chi connectivity index (χ0) is 16.0. The lowest BCUT2D eigenvalue weighted by Gasteiger charge is -2.27. The minimum atomic E-state index is -0.865. The summed E-state index contributed by atoms with van der Waals surface area (Å²) in [7, 11) is 1.48. The van der Waals surface area contributed by atoms with Gasteiger partial charge in [-0.1, -0.05) is 0 Å². The van der Waals surface area contributed by atoms with Crippen molar-refractivity contribution in [3.8, 4) is 5.75 Å². The van der Waals surface area contributed by atoms with Crippen LogP contribution in [0.2, 0.25) is 0 Å². The van der Waals surface area contributed by atoms with E-state index in [0.29, 0.717) is 30.0 Å². The van der Waals surface area contributed by atoms with Crippen molar-refractivity contribution in [1.29, 1.82) is 0 Å². The molecule has 0 aliphatic rings. The maximum Gasteiger partial charge on any atom is 0.303 e. The van der Waals surface area contributed by atoms with E-state index < -0.39 is 5.97 Å². The third-order valence-corrected chi connectivity index (χ3v) is 3.13. The molecule has 6 nitrogen and oxygen atoms in total. The highest BCUT2D eigenvalue weighted by atomic mass is 16.5. The summed E-state index contributed by atoms with van der Waals surface area (Å²) >= 11 is 0. The van der Waals surface area contributed by atoms with Crippen molar-refractivity contribution in [3.63, 3.8) is 0 Å². The van der Waals surface area contributed by atoms with Crippen LogP contribution in [-0.4, -0.2) is 41.6 Å². The van der Waals surface area contributed by atoms with Gasteiger partial charge in [-0.05, 0) is 32.4 Å². The van der Waals surface area contributed by atoms with Crippen LogP contribution in [0.1, 0.15) is 37.0 Å². The quantitative estimate of drug-likeness (QED) is 0.750. The first kappa shape index (κ1) is 16.8. The number of anilines is 1. The van der Waals surface area contributed by atoms with Gasteiger partial charge < -0.3 is 20.5 Å². The van der Waals surface area contributed by atoms with E-state index in [1.807, 2.05) is 13.8 Å². The van der Waals surface area contributed by atoms with Gasteiger partial charge in [0.1, 0.15) is 5.75 Å². The monoisotopic (exact) mass is 294 g/mol. The minimum absolute atomic E-state index is 0.0337. The molecule has 3 N–H and O–H groups in total. The third-order valence-electron chi connectivity index (χ3n) is 3.13. The molecule has 0 spiro atoms. The molecule has 0 aromatic heterocycles. The summed E-state index contributed by atoms with van der Waals surface area (Å²) in [5.41, 5.74) is 6.63. The largest absolute Gasteiger partial charge is 0.496 e. The number of nitrogens with two attached hydrogens (primary N) is 1. The van der Waals surface area contributed by atoms with Crippen LogP contribution in [-0.2, 0) is 4.79 Å². The molecule has 21 heavy (non-hydrogen) atoms. The van der Waals surface area contributed by atoms with Gasteiger partial charge in [-0.3, -0.25) is 9.59 Å². The number of hydrogen-bond acceptors (Lipinski definition) is 4. The van der Waals surface area contributed by atoms with E-state index in [-0.39, 0.29) is 18.4 Å². The molecule has 0 aliphatic heterocycles. The number of carboxylic acid groups (broad SMARTS) is 1. The maximum absolute atomic E-state index is 12.6. The lowest BCUT2D eigenvalue weighted by Crippen LogP contribution is -2.38. The van der Waals surface area contributed by atoms with Gasteiger partial charge in [-0.25, -0.2) is 0 Å². The Morgan fingerprint density at radius 2 is 2.05 bits per heavy atom. The molecule has 0 aliphatic carbocycles. The van der Waals surface area contributed by atoms with Gasteiger partial charge in [-0.2, -0.15) is 0 Å². The first-order valence-corrected chi connectivity index (χ1v) is 6.83. The summed E-state index contributed by atoms with van der Waals surface area (Å²) < 4.78 is 5.20. The standard InChI is InChI=1S/C15H22N2O4/c1-10(2)17(8-4-5-14(18)19)15(20)12-7-6-11(16)9-13(12)21-3/h6-7,9-10H,4-5,8,16H2,1-3H3,(H,18,19). The molecule has 0 atom stereocenters. The van der Waals surface area contributed by atoms with E-state index in [9.17, 15) is 9.59 Å². The fourth-order valence-electron chi connectivity index (χ4n) is 2.03. The van der Waals surface area contributed by atoms with Gasteiger partial charge in [0.05, 0.1) is 12.7 Å². The summed E-state index contributed by atoms with van der Waals surface area (Å²) in [4.78, 5) is 24.8. The van der Waals surface area contributed by atoms with Crippen LogP contribution in [0.15, 0.2) is 18.2 Å². The summed E-state index contributed by atoms with van der Waals surface area (Å²) in [6.07, 6.45) is 0.450. The average molecular weight is 294 g/mol. The zero-order valence-corrected chi connectivity index (χ0v) is 12.6. The topological polar surface area (TPSA) is 92.9 Å². The number of ether oxygens (including phenoxy) is 1. The van der Waals surface area contributed by atoms with Crippen molar-refractivity contribution in [2.75, 3.05) is 19.4 Å². The van der Waals surface area contributed by atoms with Crippen molar-refractivity contribution in [3.05, 3.63) is 23.8 Å². The number of carbonyl (C=O) groups excluding carboxylic acids is 1. The van der Waals surface area contributed by atoms with Gasteiger partial charge in [-0.15, -0.1) is 0 Å². The Balaban J connectivity index is 2.93. The van der Waals surface area contributed by atoms with Crippen LogP contribution in [0.3, 0.4) is 0 Å². The Morgan fingerprint density at radius 3 is 2.57 bits per heavy atom.